The van der Waals surface area contributed by atoms with Crippen molar-refractivity contribution >= 4 is 16.8 Å². The van der Waals surface area contributed by atoms with Gasteiger partial charge in [-0.15, -0.1) is 0 Å². The van der Waals surface area contributed by atoms with Crippen LogP contribution in [-0.2, 0) is 13.5 Å². The van der Waals surface area contributed by atoms with Crippen LogP contribution in [0.4, 0.5) is 0 Å². The maximum atomic E-state index is 13.2. The van der Waals surface area contributed by atoms with Gasteiger partial charge >= 0.3 is 0 Å². The largest absolute Gasteiger partial charge is 0.489 e. The molecule has 192 valence electrons. The number of benzene rings is 2. The number of para-hydroxylation sites is 1. The van der Waals surface area contributed by atoms with Gasteiger partial charge in [-0.05, 0) is 42.7 Å². The SMILES string of the molecule is Cn1nc(C(=O)N2CC[C@H](Oc3ccc(-c4noc(CCC5CCCCC5)n4)cc3)C2)c2ccccc21. The van der Waals surface area contributed by atoms with Crippen LogP contribution in [0, 0.1) is 5.92 Å². The fraction of sp³-hybridized carbons (Fsp3) is 0.448. The predicted molar refractivity (Wildman–Crippen MR) is 140 cm³/mol. The normalized spacial score (nSPS) is 18.5. The molecule has 2 aromatic heterocycles. The van der Waals surface area contributed by atoms with Gasteiger partial charge in [0.2, 0.25) is 11.7 Å². The maximum Gasteiger partial charge on any atom is 0.275 e. The van der Waals surface area contributed by atoms with E-state index in [1.165, 1.54) is 32.1 Å². The fourth-order valence-electron chi connectivity index (χ4n) is 5.68. The number of fused-ring (bicyclic) bond motifs is 1. The Hall–Kier alpha value is -3.68. The minimum atomic E-state index is -0.0543. The monoisotopic (exact) mass is 499 g/mol. The lowest BCUT2D eigenvalue weighted by Crippen LogP contribution is -2.31. The van der Waals surface area contributed by atoms with Crippen molar-refractivity contribution in [2.45, 2.75) is 57.5 Å². The average Bonchev–Trinajstić information content (AvgIpc) is 3.68. The summed E-state index contributed by atoms with van der Waals surface area (Å²) in [6.07, 6.45) is 9.45. The molecule has 8 nitrogen and oxygen atoms in total. The molecule has 6 rings (SSSR count). The Bertz CT molecular complexity index is 1370. The van der Waals surface area contributed by atoms with Crippen LogP contribution < -0.4 is 4.74 Å². The van der Waals surface area contributed by atoms with Crippen molar-refractivity contribution in [3.63, 3.8) is 0 Å². The summed E-state index contributed by atoms with van der Waals surface area (Å²) in [5.41, 5.74) is 2.36. The van der Waals surface area contributed by atoms with E-state index in [0.717, 1.165) is 53.3 Å². The van der Waals surface area contributed by atoms with E-state index in [0.29, 0.717) is 24.6 Å². The molecule has 0 N–H and O–H groups in total. The van der Waals surface area contributed by atoms with Crippen LogP contribution in [0.1, 0.15) is 61.3 Å². The van der Waals surface area contributed by atoms with E-state index in [1.807, 2.05) is 60.5 Å². The molecule has 8 heteroatoms. The van der Waals surface area contributed by atoms with Crippen LogP contribution in [0.15, 0.2) is 53.1 Å². The number of amides is 1. The summed E-state index contributed by atoms with van der Waals surface area (Å²) < 4.78 is 13.5. The van der Waals surface area contributed by atoms with E-state index in [4.69, 9.17) is 9.26 Å². The van der Waals surface area contributed by atoms with Crippen molar-refractivity contribution < 1.29 is 14.1 Å². The van der Waals surface area contributed by atoms with Crippen LogP contribution in [0.3, 0.4) is 0 Å². The van der Waals surface area contributed by atoms with Gasteiger partial charge in [0.1, 0.15) is 11.9 Å². The molecule has 1 amide bonds. The topological polar surface area (TPSA) is 86.3 Å². The lowest BCUT2D eigenvalue weighted by Gasteiger charge is -2.20. The number of aromatic nitrogens is 4. The quantitative estimate of drug-likeness (QED) is 0.337. The highest BCUT2D eigenvalue weighted by Gasteiger charge is 2.30. The number of likely N-dealkylation sites (tertiary alicyclic amines) is 1. The molecule has 1 atom stereocenters. The fourth-order valence-corrected chi connectivity index (χ4v) is 5.68. The zero-order valence-electron chi connectivity index (χ0n) is 21.3. The number of hydrogen-bond donors (Lipinski definition) is 0. The van der Waals surface area contributed by atoms with Crippen LogP contribution in [0.25, 0.3) is 22.3 Å². The van der Waals surface area contributed by atoms with Crippen LogP contribution in [0.2, 0.25) is 0 Å². The lowest BCUT2D eigenvalue weighted by molar-refractivity contribution is 0.0767. The highest BCUT2D eigenvalue weighted by Crippen LogP contribution is 2.28. The molecule has 2 aromatic carbocycles. The molecule has 0 spiro atoms. The third kappa shape index (κ3) is 5.10. The zero-order chi connectivity index (χ0) is 25.2. The van der Waals surface area contributed by atoms with Crippen LogP contribution in [0.5, 0.6) is 5.75 Å². The minimum absolute atomic E-state index is 0.0466. The first kappa shape index (κ1) is 23.7. The van der Waals surface area contributed by atoms with Gasteiger partial charge in [-0.3, -0.25) is 9.48 Å². The average molecular weight is 500 g/mol. The third-order valence-corrected chi connectivity index (χ3v) is 7.77. The molecule has 1 saturated carbocycles. The second-order valence-corrected chi connectivity index (χ2v) is 10.3. The summed E-state index contributed by atoms with van der Waals surface area (Å²) in [7, 11) is 1.87. The molecule has 3 heterocycles. The summed E-state index contributed by atoms with van der Waals surface area (Å²) >= 11 is 0. The van der Waals surface area contributed by atoms with Gasteiger partial charge in [0.15, 0.2) is 5.69 Å². The van der Waals surface area contributed by atoms with E-state index in [-0.39, 0.29) is 12.0 Å². The van der Waals surface area contributed by atoms with E-state index >= 15 is 0 Å². The highest BCUT2D eigenvalue weighted by atomic mass is 16.5. The van der Waals surface area contributed by atoms with Crippen molar-refractivity contribution in [1.29, 1.82) is 0 Å². The zero-order valence-corrected chi connectivity index (χ0v) is 21.3. The second kappa shape index (κ2) is 10.4. The Labute approximate surface area is 216 Å². The first-order valence-electron chi connectivity index (χ1n) is 13.4. The third-order valence-electron chi connectivity index (χ3n) is 7.77. The summed E-state index contributed by atoms with van der Waals surface area (Å²) in [5.74, 6) is 2.86. The Balaban J connectivity index is 1.04. The summed E-state index contributed by atoms with van der Waals surface area (Å²) in [5, 5.41) is 9.55. The molecule has 2 fully saturated rings. The summed E-state index contributed by atoms with van der Waals surface area (Å²) in [4.78, 5) is 19.6. The molecule has 0 radical (unpaired) electrons. The maximum absolute atomic E-state index is 13.2. The van der Waals surface area contributed by atoms with E-state index in [9.17, 15) is 4.79 Å². The van der Waals surface area contributed by atoms with Crippen molar-refractivity contribution in [2.24, 2.45) is 13.0 Å². The molecule has 1 aliphatic heterocycles. The van der Waals surface area contributed by atoms with Crippen molar-refractivity contribution in [3.05, 3.63) is 60.1 Å². The second-order valence-electron chi connectivity index (χ2n) is 10.3. The van der Waals surface area contributed by atoms with E-state index in [2.05, 4.69) is 15.2 Å². The minimum Gasteiger partial charge on any atom is -0.489 e. The predicted octanol–water partition coefficient (Wildman–Crippen LogP) is 5.43. The number of ether oxygens (including phenoxy) is 1. The van der Waals surface area contributed by atoms with Crippen molar-refractivity contribution in [3.8, 4) is 17.1 Å². The number of carbonyl (C=O) groups is 1. The van der Waals surface area contributed by atoms with E-state index < -0.39 is 0 Å². The first-order valence-corrected chi connectivity index (χ1v) is 13.4. The molecule has 37 heavy (non-hydrogen) atoms. The van der Waals surface area contributed by atoms with Crippen LogP contribution >= 0.6 is 0 Å². The molecule has 0 unspecified atom stereocenters. The molecular weight excluding hydrogens is 466 g/mol. The summed E-state index contributed by atoms with van der Waals surface area (Å²) in [6, 6.07) is 15.6. The van der Waals surface area contributed by atoms with Gasteiger partial charge in [-0.1, -0.05) is 55.5 Å². The van der Waals surface area contributed by atoms with Crippen LogP contribution in [-0.4, -0.2) is 49.9 Å². The number of rotatable bonds is 7. The van der Waals surface area contributed by atoms with Gasteiger partial charge < -0.3 is 14.2 Å². The number of carbonyl (C=O) groups excluding carboxylic acids is 1. The molecule has 0 bridgehead atoms. The van der Waals surface area contributed by atoms with Gasteiger partial charge in [-0.2, -0.15) is 10.1 Å². The molecule has 1 aliphatic carbocycles. The van der Waals surface area contributed by atoms with Gasteiger partial charge in [0.05, 0.1) is 12.1 Å². The smallest absolute Gasteiger partial charge is 0.275 e. The Morgan fingerprint density at radius 2 is 1.86 bits per heavy atom. The number of nitrogens with zero attached hydrogens (tertiary/aromatic N) is 5. The van der Waals surface area contributed by atoms with Gasteiger partial charge in [-0.25, -0.2) is 0 Å². The Kier molecular flexibility index (Phi) is 6.64. The lowest BCUT2D eigenvalue weighted by atomic mass is 9.86. The number of hydrogen-bond acceptors (Lipinski definition) is 6. The molecule has 1 saturated heterocycles. The molecule has 2 aliphatic rings. The van der Waals surface area contributed by atoms with Gasteiger partial charge in [0.25, 0.3) is 5.91 Å². The first-order chi connectivity index (χ1) is 18.1. The highest BCUT2D eigenvalue weighted by molar-refractivity contribution is 6.04. The summed E-state index contributed by atoms with van der Waals surface area (Å²) in [6.45, 7) is 1.19. The van der Waals surface area contributed by atoms with E-state index in [1.54, 1.807) is 4.68 Å². The number of aryl methyl sites for hydroxylation is 2. The van der Waals surface area contributed by atoms with Crippen molar-refractivity contribution in [1.82, 2.24) is 24.8 Å². The molecule has 4 aromatic rings. The Morgan fingerprint density at radius 3 is 2.70 bits per heavy atom. The van der Waals surface area contributed by atoms with Crippen molar-refractivity contribution in [2.75, 3.05) is 13.1 Å². The molecular formula is C29H33N5O3. The standard InChI is InChI=1S/C29H33N5O3/c1-33-25-10-6-5-9-24(25)27(31-33)29(35)34-18-17-23(19-34)36-22-14-12-21(13-15-22)28-30-26(37-32-28)16-11-20-7-3-2-4-8-20/h5-6,9-10,12-15,20,23H,2-4,7-8,11,16-19H2,1H3/t23-/m0/s1. The Morgan fingerprint density at radius 1 is 1.05 bits per heavy atom. The van der Waals surface area contributed by atoms with Gasteiger partial charge in [0, 0.05) is 37.4 Å².